The van der Waals surface area contributed by atoms with Crippen LogP contribution >= 0.6 is 0 Å². The molecule has 0 radical (unpaired) electrons. The predicted molar refractivity (Wildman–Crippen MR) is 49.8 cm³/mol. The van der Waals surface area contributed by atoms with E-state index in [9.17, 15) is 0 Å². The van der Waals surface area contributed by atoms with Crippen LogP contribution in [0.5, 0.6) is 0 Å². The van der Waals surface area contributed by atoms with Crippen molar-refractivity contribution in [2.24, 2.45) is 0 Å². The second kappa shape index (κ2) is 3.90. The lowest BCUT2D eigenvalue weighted by Gasteiger charge is -2.11. The second-order valence-electron chi connectivity index (χ2n) is 2.75. The van der Waals surface area contributed by atoms with Crippen molar-refractivity contribution in [3.05, 3.63) is 12.3 Å². The third-order valence-corrected chi connectivity index (χ3v) is 1.68. The fraction of sp³-hybridized carbons (Fsp3) is 0.500. The van der Waals surface area contributed by atoms with Gasteiger partial charge in [0.25, 0.3) is 0 Å². The second-order valence-corrected chi connectivity index (χ2v) is 2.75. The Labute approximate surface area is 72.2 Å². The summed E-state index contributed by atoms with van der Waals surface area (Å²) in [6, 6.07) is 2.22. The van der Waals surface area contributed by atoms with Gasteiger partial charge in [-0.2, -0.15) is 4.98 Å². The number of nitrogen functional groups attached to an aromatic ring is 1. The average Bonchev–Trinajstić information content (AvgIpc) is 2.04. The zero-order valence-corrected chi connectivity index (χ0v) is 7.41. The highest BCUT2D eigenvalue weighted by atomic mass is 15.1. The average molecular weight is 166 g/mol. The molecule has 4 nitrogen and oxygen atoms in total. The van der Waals surface area contributed by atoms with Crippen LogP contribution in [0.1, 0.15) is 20.3 Å². The molecule has 0 saturated heterocycles. The van der Waals surface area contributed by atoms with E-state index in [2.05, 4.69) is 29.1 Å². The first-order valence-electron chi connectivity index (χ1n) is 4.07. The van der Waals surface area contributed by atoms with Crippen LogP contribution in [0, 0.1) is 0 Å². The summed E-state index contributed by atoms with van der Waals surface area (Å²) in [4.78, 5) is 7.82. The molecule has 3 N–H and O–H groups in total. The van der Waals surface area contributed by atoms with Crippen molar-refractivity contribution in [3.63, 3.8) is 0 Å². The van der Waals surface area contributed by atoms with E-state index in [4.69, 9.17) is 5.73 Å². The largest absolute Gasteiger partial charge is 0.368 e. The van der Waals surface area contributed by atoms with Gasteiger partial charge in [0, 0.05) is 12.2 Å². The monoisotopic (exact) mass is 166 g/mol. The Hall–Kier alpha value is -1.32. The van der Waals surface area contributed by atoms with Gasteiger partial charge in [0.05, 0.1) is 0 Å². The zero-order chi connectivity index (χ0) is 8.97. The number of hydrogen-bond donors (Lipinski definition) is 2. The highest BCUT2D eigenvalue weighted by molar-refractivity contribution is 5.37. The molecule has 0 aliphatic rings. The van der Waals surface area contributed by atoms with E-state index in [-0.39, 0.29) is 0 Å². The maximum absolute atomic E-state index is 5.41. The minimum atomic E-state index is 0.309. The molecule has 0 fully saturated rings. The van der Waals surface area contributed by atoms with E-state index in [1.807, 2.05) is 6.07 Å². The van der Waals surface area contributed by atoms with Crippen LogP contribution < -0.4 is 11.1 Å². The summed E-state index contributed by atoms with van der Waals surface area (Å²) < 4.78 is 0. The summed E-state index contributed by atoms with van der Waals surface area (Å²) in [5, 5.41) is 3.20. The summed E-state index contributed by atoms with van der Waals surface area (Å²) >= 11 is 0. The van der Waals surface area contributed by atoms with Crippen molar-refractivity contribution in [1.29, 1.82) is 0 Å². The third-order valence-electron chi connectivity index (χ3n) is 1.68. The molecule has 1 unspecified atom stereocenters. The van der Waals surface area contributed by atoms with Crippen LogP contribution in [-0.4, -0.2) is 16.0 Å². The first kappa shape index (κ1) is 8.77. The van der Waals surface area contributed by atoms with Gasteiger partial charge in [0.15, 0.2) is 0 Å². The van der Waals surface area contributed by atoms with Gasteiger partial charge in [0.2, 0.25) is 5.95 Å². The van der Waals surface area contributed by atoms with E-state index in [1.165, 1.54) is 0 Å². The first-order valence-corrected chi connectivity index (χ1v) is 4.07. The molecule has 1 rings (SSSR count). The van der Waals surface area contributed by atoms with Crippen LogP contribution in [0.2, 0.25) is 0 Å². The van der Waals surface area contributed by atoms with Crippen molar-refractivity contribution >= 4 is 11.8 Å². The number of aromatic nitrogens is 2. The van der Waals surface area contributed by atoms with E-state index >= 15 is 0 Å². The van der Waals surface area contributed by atoms with Gasteiger partial charge in [-0.05, 0) is 19.4 Å². The van der Waals surface area contributed by atoms with Crippen LogP contribution in [0.4, 0.5) is 11.8 Å². The lowest BCUT2D eigenvalue weighted by atomic mass is 10.2. The molecule has 0 saturated carbocycles. The summed E-state index contributed by atoms with van der Waals surface area (Å²) in [7, 11) is 0. The van der Waals surface area contributed by atoms with E-state index < -0.39 is 0 Å². The Morgan fingerprint density at radius 1 is 1.67 bits per heavy atom. The minimum absolute atomic E-state index is 0.309. The Kier molecular flexibility index (Phi) is 2.85. The lowest BCUT2D eigenvalue weighted by Crippen LogP contribution is -2.14. The molecular weight excluding hydrogens is 152 g/mol. The van der Waals surface area contributed by atoms with Crippen molar-refractivity contribution in [2.45, 2.75) is 26.3 Å². The first-order chi connectivity index (χ1) is 5.72. The van der Waals surface area contributed by atoms with Crippen LogP contribution in [-0.2, 0) is 0 Å². The highest BCUT2D eigenvalue weighted by Crippen LogP contribution is 2.05. The van der Waals surface area contributed by atoms with Gasteiger partial charge in [-0.3, -0.25) is 0 Å². The quantitative estimate of drug-likeness (QED) is 0.709. The number of anilines is 2. The molecule has 0 aliphatic heterocycles. The van der Waals surface area contributed by atoms with Crippen molar-refractivity contribution in [2.75, 3.05) is 11.1 Å². The summed E-state index contributed by atoms with van der Waals surface area (Å²) in [6.07, 6.45) is 2.71. The summed E-state index contributed by atoms with van der Waals surface area (Å²) in [5.74, 6) is 1.10. The molecule has 4 heteroatoms. The SMILES string of the molecule is CCC(C)Nc1ccnc(N)n1. The number of rotatable bonds is 3. The van der Waals surface area contributed by atoms with E-state index in [0.29, 0.717) is 12.0 Å². The maximum Gasteiger partial charge on any atom is 0.221 e. The molecule has 0 amide bonds. The summed E-state index contributed by atoms with van der Waals surface area (Å²) in [5.41, 5.74) is 5.41. The zero-order valence-electron chi connectivity index (χ0n) is 7.41. The summed E-state index contributed by atoms with van der Waals surface area (Å²) in [6.45, 7) is 4.21. The van der Waals surface area contributed by atoms with Gasteiger partial charge in [-0.1, -0.05) is 6.92 Å². The molecule has 66 valence electrons. The highest BCUT2D eigenvalue weighted by Gasteiger charge is 1.99. The molecular formula is C8H14N4. The van der Waals surface area contributed by atoms with Crippen molar-refractivity contribution in [3.8, 4) is 0 Å². The van der Waals surface area contributed by atoms with Crippen LogP contribution in [0.15, 0.2) is 12.3 Å². The third kappa shape index (κ3) is 2.38. The fourth-order valence-electron chi connectivity index (χ4n) is 0.809. The molecule has 0 aliphatic carbocycles. The van der Waals surface area contributed by atoms with Gasteiger partial charge >= 0.3 is 0 Å². The number of hydrogen-bond acceptors (Lipinski definition) is 4. The van der Waals surface area contributed by atoms with Gasteiger partial charge < -0.3 is 11.1 Å². The predicted octanol–water partition coefficient (Wildman–Crippen LogP) is 1.27. The Morgan fingerprint density at radius 2 is 2.42 bits per heavy atom. The van der Waals surface area contributed by atoms with Crippen LogP contribution in [0.3, 0.4) is 0 Å². The molecule has 1 atom stereocenters. The topological polar surface area (TPSA) is 63.8 Å². The Bertz CT molecular complexity index is 249. The molecule has 0 aromatic carbocycles. The Balaban J connectivity index is 2.63. The van der Waals surface area contributed by atoms with Crippen LogP contribution in [0.25, 0.3) is 0 Å². The van der Waals surface area contributed by atoms with E-state index in [1.54, 1.807) is 6.20 Å². The van der Waals surface area contributed by atoms with Crippen molar-refractivity contribution in [1.82, 2.24) is 9.97 Å². The van der Waals surface area contributed by atoms with Gasteiger partial charge in [-0.25, -0.2) is 4.98 Å². The van der Waals surface area contributed by atoms with Gasteiger partial charge in [0.1, 0.15) is 5.82 Å². The number of nitrogens with two attached hydrogens (primary N) is 1. The van der Waals surface area contributed by atoms with Crippen molar-refractivity contribution < 1.29 is 0 Å². The van der Waals surface area contributed by atoms with E-state index in [0.717, 1.165) is 12.2 Å². The normalized spacial score (nSPS) is 12.5. The standard InChI is InChI=1S/C8H14N4/c1-3-6(2)11-7-4-5-10-8(9)12-7/h4-6H,3H2,1-2H3,(H3,9,10,11,12). The Morgan fingerprint density at radius 3 is 3.00 bits per heavy atom. The fourth-order valence-corrected chi connectivity index (χ4v) is 0.809. The molecule has 12 heavy (non-hydrogen) atoms. The number of nitrogens with zero attached hydrogens (tertiary/aromatic N) is 2. The molecule has 0 spiro atoms. The smallest absolute Gasteiger partial charge is 0.221 e. The van der Waals surface area contributed by atoms with Gasteiger partial charge in [-0.15, -0.1) is 0 Å². The molecule has 1 aromatic heterocycles. The molecule has 0 bridgehead atoms. The molecule has 1 aromatic rings. The molecule has 1 heterocycles. The maximum atomic E-state index is 5.41. The minimum Gasteiger partial charge on any atom is -0.368 e. The lowest BCUT2D eigenvalue weighted by molar-refractivity contribution is 0.759. The number of nitrogens with one attached hydrogen (secondary N) is 1.